The monoisotopic (exact) mass is 544 g/mol. The highest BCUT2D eigenvalue weighted by Gasteiger charge is 2.39. The fraction of sp³-hybridized carbons (Fsp3) is 0.286. The first kappa shape index (κ1) is 26.5. The lowest BCUT2D eigenvalue weighted by Gasteiger charge is -2.45. The molecule has 1 unspecified atom stereocenters. The van der Waals surface area contributed by atoms with E-state index in [1.807, 2.05) is 4.90 Å². The minimum Gasteiger partial charge on any atom is -0.469 e. The van der Waals surface area contributed by atoms with Crippen molar-refractivity contribution in [1.29, 1.82) is 0 Å². The van der Waals surface area contributed by atoms with Crippen LogP contribution in [0.5, 0.6) is 0 Å². The van der Waals surface area contributed by atoms with Crippen LogP contribution in [0.15, 0.2) is 71.7 Å². The Balaban J connectivity index is 1.57. The third-order valence-corrected chi connectivity index (χ3v) is 6.90. The molecule has 11 heteroatoms. The molecule has 0 radical (unpaired) electrons. The van der Waals surface area contributed by atoms with E-state index in [1.54, 1.807) is 18.2 Å². The molecular weight excluding hydrogens is 519 g/mol. The molecule has 1 saturated heterocycles. The van der Waals surface area contributed by atoms with Crippen molar-refractivity contribution in [2.24, 2.45) is 4.99 Å². The Morgan fingerprint density at radius 3 is 2.26 bits per heavy atom. The Morgan fingerprint density at radius 1 is 0.923 bits per heavy atom. The number of guanidine groups is 1. The number of carbonyl (C=O) groups is 1. The lowest BCUT2D eigenvalue weighted by molar-refractivity contribution is -0.141. The topological polar surface area (TPSA) is 48.4 Å². The van der Waals surface area contributed by atoms with Gasteiger partial charge in [0.15, 0.2) is 0 Å². The Bertz CT molecular complexity index is 1390. The first-order chi connectivity index (χ1) is 18.7. The van der Waals surface area contributed by atoms with Gasteiger partial charge in [-0.1, -0.05) is 12.1 Å². The summed E-state index contributed by atoms with van der Waals surface area (Å²) in [5.74, 6) is -1.30. The summed E-state index contributed by atoms with van der Waals surface area (Å²) in [4.78, 5) is 22.6. The molecule has 2 heterocycles. The fourth-order valence-corrected chi connectivity index (χ4v) is 4.98. The van der Waals surface area contributed by atoms with E-state index in [9.17, 15) is 22.4 Å². The smallest absolute Gasteiger partial charge is 0.416 e. The molecule has 3 aromatic rings. The lowest BCUT2D eigenvalue weighted by Crippen LogP contribution is -2.55. The molecule has 5 rings (SSSR count). The number of ether oxygens (including phenoxy) is 1. The molecule has 0 aliphatic carbocycles. The average Bonchev–Trinajstić information content (AvgIpc) is 2.93. The largest absolute Gasteiger partial charge is 0.469 e. The number of aliphatic imine (C=N–C) groups is 1. The van der Waals surface area contributed by atoms with Crippen molar-refractivity contribution in [3.63, 3.8) is 0 Å². The Morgan fingerprint density at radius 2 is 1.59 bits per heavy atom. The van der Waals surface area contributed by atoms with Crippen LogP contribution in [-0.2, 0) is 15.7 Å². The van der Waals surface area contributed by atoms with Gasteiger partial charge in [-0.05, 0) is 54.6 Å². The fourth-order valence-electron chi connectivity index (χ4n) is 4.98. The first-order valence-electron chi connectivity index (χ1n) is 12.3. The molecule has 0 saturated carbocycles. The van der Waals surface area contributed by atoms with Gasteiger partial charge in [-0.2, -0.15) is 13.2 Å². The highest BCUT2D eigenvalue weighted by atomic mass is 19.4. The van der Waals surface area contributed by atoms with Gasteiger partial charge in [0.05, 0.1) is 30.8 Å². The van der Waals surface area contributed by atoms with E-state index >= 15 is 4.39 Å². The quantitative estimate of drug-likeness (QED) is 0.302. The van der Waals surface area contributed by atoms with E-state index in [0.29, 0.717) is 37.8 Å². The maximum Gasteiger partial charge on any atom is 0.416 e. The minimum atomic E-state index is -4.61. The molecular formula is C28H25F5N4O2. The van der Waals surface area contributed by atoms with Crippen molar-refractivity contribution >= 4 is 29.0 Å². The molecule has 204 valence electrons. The lowest BCUT2D eigenvalue weighted by atomic mass is 9.96. The van der Waals surface area contributed by atoms with Gasteiger partial charge >= 0.3 is 12.1 Å². The SMILES string of the molecule is COC(=O)CC1c2c(F)cccc2N=C(N2CCN(c3ccc(F)cc3)CC2)N1c1cccc(C(F)(F)F)c1. The normalized spacial score (nSPS) is 17.5. The van der Waals surface area contributed by atoms with Gasteiger partial charge in [0.2, 0.25) is 5.96 Å². The third kappa shape index (κ3) is 5.39. The van der Waals surface area contributed by atoms with Crippen molar-refractivity contribution in [2.45, 2.75) is 18.6 Å². The molecule has 6 nitrogen and oxygen atoms in total. The molecule has 2 aliphatic rings. The predicted octanol–water partition coefficient (Wildman–Crippen LogP) is 5.92. The van der Waals surface area contributed by atoms with Gasteiger partial charge in [0.1, 0.15) is 11.6 Å². The summed E-state index contributed by atoms with van der Waals surface area (Å²) in [6, 6.07) is 14.1. The van der Waals surface area contributed by atoms with Crippen molar-refractivity contribution in [2.75, 3.05) is 43.1 Å². The number of esters is 1. The zero-order valence-corrected chi connectivity index (χ0v) is 21.0. The molecule has 0 amide bonds. The minimum absolute atomic E-state index is 0.106. The van der Waals surface area contributed by atoms with Crippen LogP contribution in [-0.4, -0.2) is 50.1 Å². The van der Waals surface area contributed by atoms with Crippen LogP contribution < -0.4 is 9.80 Å². The summed E-state index contributed by atoms with van der Waals surface area (Å²) in [5.41, 5.74) is 0.480. The molecule has 0 N–H and O–H groups in total. The molecule has 1 atom stereocenters. The second-order valence-electron chi connectivity index (χ2n) is 9.25. The number of anilines is 2. The molecule has 0 aromatic heterocycles. The third-order valence-electron chi connectivity index (χ3n) is 6.90. The van der Waals surface area contributed by atoms with E-state index < -0.39 is 29.6 Å². The second kappa shape index (κ2) is 10.5. The van der Waals surface area contributed by atoms with Crippen LogP contribution >= 0.6 is 0 Å². The van der Waals surface area contributed by atoms with Crippen LogP contribution in [0, 0.1) is 11.6 Å². The summed E-state index contributed by atoms with van der Waals surface area (Å²) in [5, 5.41) is 0. The zero-order valence-electron chi connectivity index (χ0n) is 21.0. The predicted molar refractivity (Wildman–Crippen MR) is 137 cm³/mol. The molecule has 0 spiro atoms. The van der Waals surface area contributed by atoms with E-state index in [0.717, 1.165) is 17.8 Å². The van der Waals surface area contributed by atoms with Crippen molar-refractivity contribution in [3.8, 4) is 0 Å². The molecule has 2 aliphatic heterocycles. The van der Waals surface area contributed by atoms with E-state index in [4.69, 9.17) is 9.73 Å². The van der Waals surface area contributed by atoms with Crippen LogP contribution in [0.3, 0.4) is 0 Å². The van der Waals surface area contributed by atoms with Crippen molar-refractivity contribution in [1.82, 2.24) is 4.90 Å². The van der Waals surface area contributed by atoms with E-state index in [2.05, 4.69) is 4.90 Å². The second-order valence-corrected chi connectivity index (χ2v) is 9.25. The first-order valence-corrected chi connectivity index (χ1v) is 12.3. The molecule has 3 aromatic carbocycles. The van der Waals surface area contributed by atoms with Crippen LogP contribution in [0.1, 0.15) is 23.6 Å². The number of benzene rings is 3. The van der Waals surface area contributed by atoms with Gasteiger partial charge in [-0.25, -0.2) is 13.8 Å². The summed E-state index contributed by atoms with van der Waals surface area (Å²) < 4.78 is 74.4. The average molecular weight is 545 g/mol. The summed E-state index contributed by atoms with van der Waals surface area (Å²) in [7, 11) is 1.20. The number of hydrogen-bond donors (Lipinski definition) is 0. The maximum atomic E-state index is 15.2. The van der Waals surface area contributed by atoms with Crippen LogP contribution in [0.2, 0.25) is 0 Å². The van der Waals surface area contributed by atoms with Crippen LogP contribution in [0.4, 0.5) is 39.0 Å². The number of alkyl halides is 3. The Labute approximate surface area is 221 Å². The number of nitrogens with zero attached hydrogens (tertiary/aromatic N) is 4. The molecule has 0 bridgehead atoms. The number of methoxy groups -OCH3 is 1. The standard InChI is InChI=1S/C28H25F5N4O2/c1-39-25(38)17-24-26-22(30)6-3-7-23(26)34-27(37(24)21-5-2-4-18(16-21)28(31,32)33)36-14-12-35(13-15-36)20-10-8-19(29)9-11-20/h2-11,16,24H,12-15,17H2,1H3. The number of rotatable bonds is 4. The molecule has 39 heavy (non-hydrogen) atoms. The van der Waals surface area contributed by atoms with Crippen LogP contribution in [0.25, 0.3) is 0 Å². The van der Waals surface area contributed by atoms with Crippen molar-refractivity contribution < 1.29 is 31.5 Å². The summed E-state index contributed by atoms with van der Waals surface area (Å²) in [6.45, 7) is 1.92. The van der Waals surface area contributed by atoms with Crippen molar-refractivity contribution in [3.05, 3.63) is 89.5 Å². The summed E-state index contributed by atoms with van der Waals surface area (Å²) >= 11 is 0. The number of halogens is 5. The van der Waals surface area contributed by atoms with Gasteiger partial charge in [0.25, 0.3) is 0 Å². The Kier molecular flexibility index (Phi) is 7.16. The van der Waals surface area contributed by atoms with Gasteiger partial charge < -0.3 is 19.4 Å². The van der Waals surface area contributed by atoms with E-state index in [1.165, 1.54) is 48.4 Å². The Hall–Kier alpha value is -4.15. The van der Waals surface area contributed by atoms with Gasteiger partial charge in [-0.3, -0.25) is 4.79 Å². The molecule has 1 fully saturated rings. The number of piperazine rings is 1. The zero-order chi connectivity index (χ0) is 27.7. The number of fused-ring (bicyclic) bond motifs is 1. The van der Waals surface area contributed by atoms with Gasteiger partial charge in [-0.15, -0.1) is 0 Å². The highest BCUT2D eigenvalue weighted by molar-refractivity contribution is 6.01. The number of carbonyl (C=O) groups excluding carboxylic acids is 1. The summed E-state index contributed by atoms with van der Waals surface area (Å²) in [6.07, 6.45) is -4.92. The van der Waals surface area contributed by atoms with E-state index in [-0.39, 0.29) is 23.5 Å². The number of hydrogen-bond acceptors (Lipinski definition) is 6. The van der Waals surface area contributed by atoms with Gasteiger partial charge in [0, 0.05) is 43.1 Å². The highest BCUT2D eigenvalue weighted by Crippen LogP contribution is 2.43. The maximum absolute atomic E-state index is 15.2.